The summed E-state index contributed by atoms with van der Waals surface area (Å²) in [7, 11) is 0. The lowest BCUT2D eigenvalue weighted by Gasteiger charge is -2.38. The molecular weight excluding hydrogens is 733 g/mol. The van der Waals surface area contributed by atoms with Gasteiger partial charge in [0.2, 0.25) is 0 Å². The molecule has 4 saturated heterocycles. The Morgan fingerprint density at radius 3 is 1.41 bits per heavy atom. The van der Waals surface area contributed by atoms with E-state index in [0.717, 1.165) is 96.8 Å². The Morgan fingerprint density at radius 1 is 0.627 bits per heavy atom. The molecule has 0 aromatic heterocycles. The number of likely N-dealkylation sites (tertiary alicyclic amines) is 2. The summed E-state index contributed by atoms with van der Waals surface area (Å²) in [5.74, 6) is 30.3. The van der Waals surface area contributed by atoms with Crippen LogP contribution in [0.4, 0.5) is 0 Å². The van der Waals surface area contributed by atoms with Gasteiger partial charge in [0.1, 0.15) is 17.3 Å². The van der Waals surface area contributed by atoms with Crippen LogP contribution in [0.3, 0.4) is 0 Å². The zero-order chi connectivity index (χ0) is 42.1. The largest absolute Gasteiger partial charge is 0.359 e. The van der Waals surface area contributed by atoms with E-state index in [4.69, 9.17) is 15.3 Å². The molecule has 0 aliphatic carbocycles. The monoisotopic (exact) mass is 787 g/mol. The van der Waals surface area contributed by atoms with E-state index in [1.807, 2.05) is 48.5 Å². The van der Waals surface area contributed by atoms with Gasteiger partial charge in [-0.05, 0) is 54.2 Å². The second-order valence-electron chi connectivity index (χ2n) is 13.0. The Kier molecular flexibility index (Phi) is 27.1. The fraction of sp³-hybridized carbons (Fsp3) is 0.380. The maximum absolute atomic E-state index is 11.1. The van der Waals surface area contributed by atoms with Crippen LogP contribution in [-0.4, -0.2) is 79.5 Å². The summed E-state index contributed by atoms with van der Waals surface area (Å²) in [6, 6.07) is 19.8. The van der Waals surface area contributed by atoms with Gasteiger partial charge in [0.15, 0.2) is 0 Å². The average molecular weight is 788 g/mol. The van der Waals surface area contributed by atoms with Gasteiger partial charge < -0.3 is 10.1 Å². The molecule has 0 unspecified atom stereocenters. The molecule has 4 heterocycles. The second-order valence-corrected chi connectivity index (χ2v) is 13.0. The Balaban J connectivity index is 0.000000392. The predicted octanol–water partition coefficient (Wildman–Crippen LogP) is 5.28. The number of rotatable bonds is 4. The van der Waals surface area contributed by atoms with Crippen LogP contribution in [0.5, 0.6) is 0 Å². The Labute approximate surface area is 354 Å². The van der Waals surface area contributed by atoms with Gasteiger partial charge in [-0.1, -0.05) is 37.6 Å². The van der Waals surface area contributed by atoms with Crippen LogP contribution in [-0.2, 0) is 27.4 Å². The lowest BCUT2D eigenvalue weighted by Crippen LogP contribution is -2.50. The first kappa shape index (κ1) is 50.5. The molecule has 6 rings (SSSR count). The molecule has 2 aromatic carbocycles. The quantitative estimate of drug-likeness (QED) is 0.315. The van der Waals surface area contributed by atoms with Gasteiger partial charge in [-0.15, -0.1) is 17.8 Å². The Morgan fingerprint density at radius 2 is 1.05 bits per heavy atom. The molecule has 306 valence electrons. The molecule has 0 bridgehead atoms. The maximum atomic E-state index is 11.1. The molecule has 9 heteroatoms. The highest BCUT2D eigenvalue weighted by molar-refractivity contribution is 5.79. The van der Waals surface area contributed by atoms with E-state index < -0.39 is 0 Å². The molecule has 0 radical (unpaired) electrons. The van der Waals surface area contributed by atoms with Gasteiger partial charge in [-0.2, -0.15) is 31.3 Å². The Hall–Kier alpha value is -6.47. The molecule has 4 aliphatic rings. The zero-order valence-corrected chi connectivity index (χ0v) is 33.6. The van der Waals surface area contributed by atoms with Crippen LogP contribution < -0.4 is 10.6 Å². The average Bonchev–Trinajstić information content (AvgIpc) is 3.72. The van der Waals surface area contributed by atoms with Crippen molar-refractivity contribution in [3.05, 3.63) is 91.6 Å². The van der Waals surface area contributed by atoms with Crippen LogP contribution in [0.25, 0.3) is 0 Å². The van der Waals surface area contributed by atoms with E-state index in [-0.39, 0.29) is 13.2 Å². The third-order valence-corrected chi connectivity index (χ3v) is 8.91. The fourth-order valence-corrected chi connectivity index (χ4v) is 5.84. The standard InChI is InChI=1S/C15H19N3O.C13H14N2O.C8H5.C8H4.C5H9NO.CH4/c16-11-13-1-3-14(4-2-13)12-18-8-5-15(6-9-18)17-7-10-19-15;14-9-11-1-3-12(4-2-11)10-15-7-5-13(16)6-8-15;2*1-3-5-7-8-6-4-2;7-5-1-3-6-4-2-5;/h1-4,17H,5-10,12H2;1-4H,5-8,10H2;1H2,2H3;1-2H2;6H,1-4H2;1H4/q;;-1;-2;;. The smallest absolute Gasteiger partial charge is 0.135 e. The number of nitrogens with one attached hydrogen (secondary N) is 2. The Bertz CT molecular complexity index is 1940. The summed E-state index contributed by atoms with van der Waals surface area (Å²) in [6.45, 7) is 20.8. The van der Waals surface area contributed by atoms with Crippen molar-refractivity contribution < 1.29 is 14.3 Å². The van der Waals surface area contributed by atoms with E-state index in [2.05, 4.69) is 124 Å². The van der Waals surface area contributed by atoms with E-state index in [1.54, 1.807) is 6.92 Å². The summed E-state index contributed by atoms with van der Waals surface area (Å²) in [5, 5.41) is 24.0. The first-order valence-electron chi connectivity index (χ1n) is 19.1. The minimum Gasteiger partial charge on any atom is -0.359 e. The van der Waals surface area contributed by atoms with Crippen LogP contribution in [0.2, 0.25) is 0 Å². The number of nitriles is 2. The van der Waals surface area contributed by atoms with Gasteiger partial charge in [0.25, 0.3) is 0 Å². The normalized spacial score (nSPS) is 15.5. The summed E-state index contributed by atoms with van der Waals surface area (Å²) < 4.78 is 5.84. The first-order chi connectivity index (χ1) is 28.3. The van der Waals surface area contributed by atoms with Crippen molar-refractivity contribution in [1.82, 2.24) is 20.4 Å². The zero-order valence-electron chi connectivity index (χ0n) is 33.6. The number of benzene rings is 2. The molecule has 1 spiro atoms. The molecule has 0 atom stereocenters. The SMILES string of the molecule is C.N#Cc1ccc(CN2CCC(=O)CC2)cc1.N#Cc1ccc(CN2CCC3(CC2)NCCO3)cc1.O=C1CCNCC1.[CH2-]C#CC#CC#CC.[CH2-]C#CC#CC#C[CH2-]. The van der Waals surface area contributed by atoms with Crippen LogP contribution in [0.15, 0.2) is 48.5 Å². The van der Waals surface area contributed by atoms with Crippen LogP contribution in [0, 0.1) is 114 Å². The number of ether oxygens (including phenoxy) is 1. The van der Waals surface area contributed by atoms with Gasteiger partial charge in [0, 0.05) is 97.4 Å². The second kappa shape index (κ2) is 31.6. The number of hydrogen-bond acceptors (Lipinski definition) is 9. The number of carbonyl (C=O) groups is 2. The van der Waals surface area contributed by atoms with E-state index in [9.17, 15) is 9.59 Å². The summed E-state index contributed by atoms with van der Waals surface area (Å²) >= 11 is 0. The molecule has 2 aromatic rings. The number of nitrogens with zero attached hydrogens (tertiary/aromatic N) is 4. The maximum Gasteiger partial charge on any atom is 0.135 e. The van der Waals surface area contributed by atoms with Gasteiger partial charge in [-0.3, -0.25) is 42.5 Å². The molecule has 0 amide bonds. The first-order valence-corrected chi connectivity index (χ1v) is 19.1. The molecule has 4 aliphatic heterocycles. The number of ketones is 2. The third kappa shape index (κ3) is 22.8. The van der Waals surface area contributed by atoms with Crippen LogP contribution in [0.1, 0.15) is 75.1 Å². The van der Waals surface area contributed by atoms with Gasteiger partial charge in [-0.25, -0.2) is 17.8 Å². The lowest BCUT2D eigenvalue weighted by molar-refractivity contribution is -0.121. The highest BCUT2D eigenvalue weighted by atomic mass is 16.5. The molecule has 2 N–H and O–H groups in total. The van der Waals surface area contributed by atoms with Crippen molar-refractivity contribution in [1.29, 1.82) is 10.5 Å². The van der Waals surface area contributed by atoms with Crippen molar-refractivity contribution in [3.63, 3.8) is 0 Å². The summed E-state index contributed by atoms with van der Waals surface area (Å²) in [6.07, 6.45) is 4.94. The lowest BCUT2D eigenvalue weighted by atomic mass is 10.00. The van der Waals surface area contributed by atoms with E-state index in [0.29, 0.717) is 30.0 Å². The summed E-state index contributed by atoms with van der Waals surface area (Å²) in [4.78, 5) is 26.2. The number of hydrogen-bond donors (Lipinski definition) is 2. The van der Waals surface area contributed by atoms with E-state index in [1.165, 1.54) is 11.1 Å². The van der Waals surface area contributed by atoms with Crippen molar-refractivity contribution in [2.45, 2.75) is 71.7 Å². The minimum atomic E-state index is -0.0405. The highest BCUT2D eigenvalue weighted by Gasteiger charge is 2.37. The minimum absolute atomic E-state index is 0. The molecular formula is C50H55N6O3-3. The topological polar surface area (TPSA) is 121 Å². The summed E-state index contributed by atoms with van der Waals surface area (Å²) in [5.41, 5.74) is 3.85. The molecule has 59 heavy (non-hydrogen) atoms. The van der Waals surface area contributed by atoms with Crippen molar-refractivity contribution >= 4 is 11.6 Å². The number of piperidine rings is 3. The number of Topliss-reactive ketones (excluding diaryl/α,β-unsaturated/α-hetero) is 2. The van der Waals surface area contributed by atoms with Crippen molar-refractivity contribution in [2.24, 2.45) is 0 Å². The fourth-order valence-electron chi connectivity index (χ4n) is 5.84. The molecule has 4 fully saturated rings. The van der Waals surface area contributed by atoms with Crippen molar-refractivity contribution in [3.8, 4) is 83.2 Å². The van der Waals surface area contributed by atoms with Crippen molar-refractivity contribution in [2.75, 3.05) is 52.4 Å². The van der Waals surface area contributed by atoms with Gasteiger partial charge >= 0.3 is 0 Å². The van der Waals surface area contributed by atoms with E-state index >= 15 is 0 Å². The number of carbonyl (C=O) groups excluding carboxylic acids is 2. The predicted molar refractivity (Wildman–Crippen MR) is 235 cm³/mol. The van der Waals surface area contributed by atoms with Gasteiger partial charge in [0.05, 0.1) is 29.9 Å². The molecule has 0 saturated carbocycles. The third-order valence-electron chi connectivity index (χ3n) is 8.91. The molecule has 9 nitrogen and oxygen atoms in total. The highest BCUT2D eigenvalue weighted by Crippen LogP contribution is 2.27. The van der Waals surface area contributed by atoms with Crippen LogP contribution >= 0.6 is 0 Å².